The van der Waals surface area contributed by atoms with Gasteiger partial charge in [-0.1, -0.05) is 24.6 Å². The maximum Gasteiger partial charge on any atom is 0.308 e. The van der Waals surface area contributed by atoms with Crippen molar-refractivity contribution < 1.29 is 19.1 Å². The number of carbonyl (C=O) groups is 2. The molecule has 19 heavy (non-hydrogen) atoms. The molecule has 1 aromatic carbocycles. The van der Waals surface area contributed by atoms with Crippen LogP contribution >= 0.6 is 11.6 Å². The highest BCUT2D eigenvalue weighted by atomic mass is 35.5. The largest absolute Gasteiger partial charge is 0.481 e. The minimum atomic E-state index is -0.959. The van der Waals surface area contributed by atoms with Gasteiger partial charge in [0, 0.05) is 18.6 Å². The topological polar surface area (TPSA) is 57.6 Å². The number of carbonyl (C=O) groups excluding carboxylic acids is 1. The summed E-state index contributed by atoms with van der Waals surface area (Å²) in [4.78, 5) is 23.9. The second-order valence-corrected chi connectivity index (χ2v) is 4.83. The monoisotopic (exact) mass is 287 g/mol. The second kappa shape index (κ2) is 6.52. The molecule has 0 radical (unpaired) electrons. The third-order valence-electron chi connectivity index (χ3n) is 2.75. The molecule has 0 saturated carbocycles. The Morgan fingerprint density at radius 1 is 1.47 bits per heavy atom. The molecule has 0 aromatic heterocycles. The van der Waals surface area contributed by atoms with Crippen LogP contribution in [0.1, 0.15) is 12.5 Å². The maximum absolute atomic E-state index is 12.9. The molecule has 0 fully saturated rings. The zero-order chi connectivity index (χ0) is 14.6. The number of nitrogens with zero attached hydrogens (tertiary/aromatic N) is 1. The van der Waals surface area contributed by atoms with Gasteiger partial charge in [-0.05, 0) is 17.7 Å². The highest BCUT2D eigenvalue weighted by molar-refractivity contribution is 6.31. The van der Waals surface area contributed by atoms with E-state index in [0.29, 0.717) is 5.56 Å². The molecule has 1 atom stereocenters. The van der Waals surface area contributed by atoms with Crippen LogP contribution in [-0.4, -0.2) is 35.5 Å². The number of halogens is 2. The standard InChI is InChI=1S/C13H15ClFNO3/c1-8(13(18)19)7-16(2)12(17)5-9-3-4-10(15)6-11(9)14/h3-4,6,8H,5,7H2,1-2H3,(H,18,19). The minimum Gasteiger partial charge on any atom is -0.481 e. The fraction of sp³-hybridized carbons (Fsp3) is 0.385. The van der Waals surface area contributed by atoms with Gasteiger partial charge >= 0.3 is 5.97 Å². The zero-order valence-electron chi connectivity index (χ0n) is 10.7. The minimum absolute atomic E-state index is 0.0158. The molecule has 1 amide bonds. The Morgan fingerprint density at radius 2 is 2.11 bits per heavy atom. The van der Waals surface area contributed by atoms with E-state index in [4.69, 9.17) is 16.7 Å². The third-order valence-corrected chi connectivity index (χ3v) is 3.10. The number of hydrogen-bond acceptors (Lipinski definition) is 2. The molecule has 1 aromatic rings. The Morgan fingerprint density at radius 3 is 2.63 bits per heavy atom. The van der Waals surface area contributed by atoms with Crippen LogP contribution in [-0.2, 0) is 16.0 Å². The maximum atomic E-state index is 12.9. The summed E-state index contributed by atoms with van der Waals surface area (Å²) >= 11 is 5.83. The summed E-state index contributed by atoms with van der Waals surface area (Å²) in [6.07, 6.45) is 0.0158. The lowest BCUT2D eigenvalue weighted by molar-refractivity contribution is -0.142. The molecule has 104 valence electrons. The normalized spacial score (nSPS) is 12.0. The lowest BCUT2D eigenvalue weighted by Crippen LogP contribution is -2.34. The molecule has 1 rings (SSSR count). The molecule has 1 unspecified atom stereocenters. The highest BCUT2D eigenvalue weighted by Gasteiger charge is 2.18. The first kappa shape index (κ1) is 15.4. The lowest BCUT2D eigenvalue weighted by atomic mass is 10.1. The average Bonchev–Trinajstić information content (AvgIpc) is 2.32. The number of rotatable bonds is 5. The van der Waals surface area contributed by atoms with Crippen LogP contribution in [0.3, 0.4) is 0 Å². The van der Waals surface area contributed by atoms with E-state index in [2.05, 4.69) is 0 Å². The van der Waals surface area contributed by atoms with Crippen LogP contribution in [0.5, 0.6) is 0 Å². The number of likely N-dealkylation sites (N-methyl/N-ethyl adjacent to an activating group) is 1. The van der Waals surface area contributed by atoms with Crippen molar-refractivity contribution in [2.75, 3.05) is 13.6 Å². The van der Waals surface area contributed by atoms with Gasteiger partial charge in [0.15, 0.2) is 0 Å². The number of carboxylic acid groups (broad SMARTS) is 1. The van der Waals surface area contributed by atoms with Crippen LogP contribution in [0.25, 0.3) is 0 Å². The SMILES string of the molecule is CC(CN(C)C(=O)Cc1ccc(F)cc1Cl)C(=O)O. The van der Waals surface area contributed by atoms with Crippen molar-refractivity contribution in [2.45, 2.75) is 13.3 Å². The molecule has 6 heteroatoms. The van der Waals surface area contributed by atoms with Crippen molar-refractivity contribution in [3.63, 3.8) is 0 Å². The van der Waals surface area contributed by atoms with E-state index in [0.717, 1.165) is 6.07 Å². The summed E-state index contributed by atoms with van der Waals surface area (Å²) in [5.74, 6) is -2.33. The number of amides is 1. The van der Waals surface area contributed by atoms with Gasteiger partial charge in [-0.2, -0.15) is 0 Å². The van der Waals surface area contributed by atoms with Crippen LogP contribution in [0.4, 0.5) is 4.39 Å². The summed E-state index contributed by atoms with van der Waals surface area (Å²) in [5, 5.41) is 8.96. The van der Waals surface area contributed by atoms with E-state index in [-0.39, 0.29) is 23.9 Å². The Hall–Kier alpha value is -1.62. The predicted molar refractivity (Wildman–Crippen MR) is 69.6 cm³/mol. The van der Waals surface area contributed by atoms with Crippen LogP contribution in [0.2, 0.25) is 5.02 Å². The number of aliphatic carboxylic acids is 1. The van der Waals surface area contributed by atoms with Crippen LogP contribution < -0.4 is 0 Å². The van der Waals surface area contributed by atoms with Gasteiger partial charge in [0.2, 0.25) is 5.91 Å². The Kier molecular flexibility index (Phi) is 5.30. The summed E-state index contributed by atoms with van der Waals surface area (Å²) < 4.78 is 12.9. The summed E-state index contributed by atoms with van der Waals surface area (Å²) in [7, 11) is 1.53. The van der Waals surface area contributed by atoms with Crippen LogP contribution in [0.15, 0.2) is 18.2 Å². The first-order valence-electron chi connectivity index (χ1n) is 5.72. The molecular formula is C13H15ClFNO3. The van der Waals surface area contributed by atoms with Crippen molar-refractivity contribution in [3.05, 3.63) is 34.6 Å². The second-order valence-electron chi connectivity index (χ2n) is 4.43. The fourth-order valence-corrected chi connectivity index (χ4v) is 1.79. The van der Waals surface area contributed by atoms with E-state index < -0.39 is 17.7 Å². The van der Waals surface area contributed by atoms with Crippen molar-refractivity contribution >= 4 is 23.5 Å². The van der Waals surface area contributed by atoms with E-state index in [1.165, 1.54) is 31.0 Å². The van der Waals surface area contributed by atoms with E-state index in [1.807, 2.05) is 0 Å². The Bertz CT molecular complexity index is 493. The Balaban J connectivity index is 2.66. The zero-order valence-corrected chi connectivity index (χ0v) is 11.4. The summed E-state index contributed by atoms with van der Waals surface area (Å²) in [6, 6.07) is 3.82. The number of carboxylic acids is 1. The molecular weight excluding hydrogens is 273 g/mol. The van der Waals surface area contributed by atoms with Crippen molar-refractivity contribution in [1.29, 1.82) is 0 Å². The summed E-state index contributed by atoms with van der Waals surface area (Å²) in [6.45, 7) is 1.64. The molecule has 0 aliphatic rings. The molecule has 0 spiro atoms. The van der Waals surface area contributed by atoms with Gasteiger partial charge in [0.05, 0.1) is 12.3 Å². The molecule has 4 nitrogen and oxygen atoms in total. The van der Waals surface area contributed by atoms with E-state index in [9.17, 15) is 14.0 Å². The van der Waals surface area contributed by atoms with Crippen molar-refractivity contribution in [3.8, 4) is 0 Å². The molecule has 1 N–H and O–H groups in total. The van der Waals surface area contributed by atoms with Gasteiger partial charge in [0.1, 0.15) is 5.82 Å². The Labute approximate surface area is 115 Å². The first-order valence-corrected chi connectivity index (χ1v) is 6.09. The van der Waals surface area contributed by atoms with Gasteiger partial charge in [-0.3, -0.25) is 9.59 Å². The highest BCUT2D eigenvalue weighted by Crippen LogP contribution is 2.18. The van der Waals surface area contributed by atoms with E-state index >= 15 is 0 Å². The molecule has 0 heterocycles. The number of benzene rings is 1. The van der Waals surface area contributed by atoms with Gasteiger partial charge in [0.25, 0.3) is 0 Å². The predicted octanol–water partition coefficient (Wildman–Crippen LogP) is 2.20. The van der Waals surface area contributed by atoms with Gasteiger partial charge < -0.3 is 10.0 Å². The lowest BCUT2D eigenvalue weighted by Gasteiger charge is -2.19. The molecule has 0 aliphatic carbocycles. The van der Waals surface area contributed by atoms with Gasteiger partial charge in [-0.25, -0.2) is 4.39 Å². The van der Waals surface area contributed by atoms with Crippen molar-refractivity contribution in [2.24, 2.45) is 5.92 Å². The average molecular weight is 288 g/mol. The van der Waals surface area contributed by atoms with Gasteiger partial charge in [-0.15, -0.1) is 0 Å². The number of hydrogen-bond donors (Lipinski definition) is 1. The quantitative estimate of drug-likeness (QED) is 0.903. The molecule has 0 aliphatic heterocycles. The smallest absolute Gasteiger partial charge is 0.308 e. The molecule has 0 bridgehead atoms. The van der Waals surface area contributed by atoms with E-state index in [1.54, 1.807) is 0 Å². The fourth-order valence-electron chi connectivity index (χ4n) is 1.55. The van der Waals surface area contributed by atoms with Crippen molar-refractivity contribution in [1.82, 2.24) is 4.90 Å². The van der Waals surface area contributed by atoms with Crippen LogP contribution in [0, 0.1) is 11.7 Å². The third kappa shape index (κ3) is 4.52. The first-order chi connectivity index (χ1) is 8.81. The molecule has 0 saturated heterocycles. The summed E-state index contributed by atoms with van der Waals surface area (Å²) in [5.41, 5.74) is 0.517.